The maximum Gasteiger partial charge on any atom is 0.233 e. The maximum absolute atomic E-state index is 11.8. The Kier molecular flexibility index (Phi) is 4.74. The van der Waals surface area contributed by atoms with Gasteiger partial charge in [0.05, 0.1) is 18.8 Å². The summed E-state index contributed by atoms with van der Waals surface area (Å²) in [6.45, 7) is 0. The summed E-state index contributed by atoms with van der Waals surface area (Å²) in [5.41, 5.74) is 12.8. The summed E-state index contributed by atoms with van der Waals surface area (Å²) in [4.78, 5) is 28.0. The highest BCUT2D eigenvalue weighted by Crippen LogP contribution is 2.59. The van der Waals surface area contributed by atoms with Gasteiger partial charge in [-0.15, -0.1) is 0 Å². The van der Waals surface area contributed by atoms with E-state index >= 15 is 0 Å². The molecule has 9 heteroatoms. The lowest BCUT2D eigenvalue weighted by Gasteiger charge is -2.13. The minimum atomic E-state index is -1.30. The van der Waals surface area contributed by atoms with Crippen molar-refractivity contribution >= 4 is 22.7 Å². The van der Waals surface area contributed by atoms with E-state index in [-0.39, 0.29) is 5.92 Å². The maximum atomic E-state index is 11.8. The van der Waals surface area contributed by atoms with Crippen LogP contribution in [0.5, 0.6) is 17.2 Å². The number of hydrogen-bond acceptors (Lipinski definition) is 6. The molecule has 1 atom stereocenters. The average molecular weight is 443 g/mol. The summed E-state index contributed by atoms with van der Waals surface area (Å²) < 4.78 is 11.7. The first-order valence-corrected chi connectivity index (χ1v) is 10.3. The Bertz CT molecular complexity index is 1350. The van der Waals surface area contributed by atoms with Crippen molar-refractivity contribution in [2.24, 2.45) is 16.9 Å². The van der Waals surface area contributed by atoms with Crippen LogP contribution in [-0.2, 0) is 9.59 Å². The molecule has 1 fully saturated rings. The first-order valence-electron chi connectivity index (χ1n) is 10.3. The molecule has 33 heavy (non-hydrogen) atoms. The van der Waals surface area contributed by atoms with Gasteiger partial charge in [-0.05, 0) is 36.2 Å². The number of rotatable bonds is 7. The predicted octanol–water partition coefficient (Wildman–Crippen LogP) is 2.87. The molecule has 5 rings (SSSR count). The van der Waals surface area contributed by atoms with Gasteiger partial charge in [0.2, 0.25) is 11.8 Å². The van der Waals surface area contributed by atoms with Crippen LogP contribution in [0, 0.1) is 5.41 Å². The molecular weight excluding hydrogens is 422 g/mol. The number of nitrogens with one attached hydrogen (secondary N) is 1. The molecule has 9 nitrogen and oxygen atoms in total. The van der Waals surface area contributed by atoms with Crippen molar-refractivity contribution in [3.8, 4) is 28.4 Å². The fraction of sp³-hybridized carbons (Fsp3) is 0.167. The lowest BCUT2D eigenvalue weighted by atomic mass is 9.97. The van der Waals surface area contributed by atoms with E-state index < -0.39 is 17.2 Å². The highest BCUT2D eigenvalue weighted by Gasteiger charge is 2.64. The van der Waals surface area contributed by atoms with Crippen LogP contribution in [0.3, 0.4) is 0 Å². The number of methoxy groups -OCH3 is 1. The highest BCUT2D eigenvalue weighted by atomic mass is 16.5. The number of aromatic nitrogens is 3. The lowest BCUT2D eigenvalue weighted by molar-refractivity contribution is -0.133. The Hall–Kier alpha value is -4.40. The normalized spacial score (nSPS) is 16.3. The Balaban J connectivity index is 1.46. The summed E-state index contributed by atoms with van der Waals surface area (Å²) >= 11 is 0. The van der Waals surface area contributed by atoms with E-state index in [1.54, 1.807) is 43.9 Å². The summed E-state index contributed by atoms with van der Waals surface area (Å²) in [6.07, 6.45) is 5.50. The van der Waals surface area contributed by atoms with E-state index in [0.717, 1.165) is 27.6 Å². The molecule has 4 aromatic rings. The van der Waals surface area contributed by atoms with E-state index in [4.69, 9.17) is 20.9 Å². The highest BCUT2D eigenvalue weighted by molar-refractivity contribution is 6.08. The van der Waals surface area contributed by atoms with Crippen molar-refractivity contribution in [1.29, 1.82) is 0 Å². The van der Waals surface area contributed by atoms with Gasteiger partial charge < -0.3 is 20.9 Å². The number of aromatic amines is 1. The summed E-state index contributed by atoms with van der Waals surface area (Å²) in [7, 11) is 1.61. The number of nitrogens with two attached hydrogens (primary N) is 2. The van der Waals surface area contributed by atoms with Crippen LogP contribution in [0.1, 0.15) is 17.9 Å². The molecule has 2 amide bonds. The molecule has 0 aliphatic heterocycles. The van der Waals surface area contributed by atoms with Crippen molar-refractivity contribution in [2.75, 3.05) is 7.11 Å². The van der Waals surface area contributed by atoms with Gasteiger partial charge in [0.1, 0.15) is 22.7 Å². The van der Waals surface area contributed by atoms with Gasteiger partial charge in [0.15, 0.2) is 0 Å². The largest absolute Gasteiger partial charge is 0.496 e. The first-order chi connectivity index (χ1) is 15.9. The van der Waals surface area contributed by atoms with Crippen molar-refractivity contribution in [2.45, 2.75) is 12.3 Å². The minimum absolute atomic E-state index is 0.312. The molecule has 5 N–H and O–H groups in total. The second kappa shape index (κ2) is 7.63. The number of fused-ring (bicyclic) bond motifs is 1. The molecule has 0 spiro atoms. The number of primary amides is 2. The quantitative estimate of drug-likeness (QED) is 0.374. The third-order valence-corrected chi connectivity index (χ3v) is 6.18. The number of carbonyl (C=O) groups is 2. The molecular formula is C24H21N5O4. The van der Waals surface area contributed by atoms with Crippen molar-refractivity contribution in [3.63, 3.8) is 0 Å². The fourth-order valence-electron chi connectivity index (χ4n) is 4.26. The number of benzene rings is 2. The van der Waals surface area contributed by atoms with Crippen LogP contribution in [0.15, 0.2) is 61.1 Å². The molecule has 2 heterocycles. The monoisotopic (exact) mass is 443 g/mol. The SMILES string of the molecule is COc1cc2nccc(Oc3ccc(C4CC4(C(N)=O)C(N)=O)cc3)c2cc1-c1cn[nH]c1. The number of ether oxygens (including phenoxy) is 2. The van der Waals surface area contributed by atoms with Crippen molar-refractivity contribution < 1.29 is 19.1 Å². The van der Waals surface area contributed by atoms with Gasteiger partial charge >= 0.3 is 0 Å². The smallest absolute Gasteiger partial charge is 0.233 e. The van der Waals surface area contributed by atoms with Crippen molar-refractivity contribution in [1.82, 2.24) is 15.2 Å². The Morgan fingerprint density at radius 1 is 1.09 bits per heavy atom. The zero-order chi connectivity index (χ0) is 23.2. The average Bonchev–Trinajstić information content (AvgIpc) is 3.37. The van der Waals surface area contributed by atoms with E-state index in [2.05, 4.69) is 15.2 Å². The molecule has 1 aliphatic carbocycles. The molecule has 2 aromatic carbocycles. The van der Waals surface area contributed by atoms with E-state index in [1.807, 2.05) is 24.3 Å². The number of nitrogens with zero attached hydrogens (tertiary/aromatic N) is 2. The Morgan fingerprint density at radius 2 is 1.85 bits per heavy atom. The zero-order valence-corrected chi connectivity index (χ0v) is 17.7. The molecule has 1 unspecified atom stereocenters. The van der Waals surface area contributed by atoms with Gasteiger partial charge in [-0.1, -0.05) is 12.1 Å². The first kappa shape index (κ1) is 20.5. The molecule has 0 bridgehead atoms. The molecule has 2 aromatic heterocycles. The Labute approximate surface area is 188 Å². The van der Waals surface area contributed by atoms with Crippen molar-refractivity contribution in [3.05, 3.63) is 66.6 Å². The number of hydrogen-bond donors (Lipinski definition) is 3. The molecule has 1 aliphatic rings. The van der Waals surface area contributed by atoms with Crippen LogP contribution in [0.2, 0.25) is 0 Å². The van der Waals surface area contributed by atoms with E-state index in [0.29, 0.717) is 23.7 Å². The fourth-order valence-corrected chi connectivity index (χ4v) is 4.26. The Morgan fingerprint density at radius 3 is 2.45 bits per heavy atom. The van der Waals surface area contributed by atoms with Crippen LogP contribution in [0.25, 0.3) is 22.0 Å². The molecule has 166 valence electrons. The number of amides is 2. The van der Waals surface area contributed by atoms with Gasteiger partial charge in [-0.25, -0.2) is 0 Å². The predicted molar refractivity (Wildman–Crippen MR) is 121 cm³/mol. The third-order valence-electron chi connectivity index (χ3n) is 6.18. The standard InChI is InChI=1S/C24H21N5O4/c1-32-21-9-19-17(8-16(21)14-11-28-29-12-14)20(6-7-27-19)33-15-4-2-13(3-5-15)18-10-24(18,22(25)30)23(26)31/h2-9,11-12,18H,10H2,1H3,(H2,25,30)(H2,26,31)(H,28,29). The van der Waals surface area contributed by atoms with Gasteiger partial charge in [-0.3, -0.25) is 19.7 Å². The number of H-pyrrole nitrogens is 1. The number of pyridine rings is 1. The molecule has 0 radical (unpaired) electrons. The van der Waals surface area contributed by atoms with Gasteiger partial charge in [-0.2, -0.15) is 5.10 Å². The molecule has 0 saturated heterocycles. The van der Waals surface area contributed by atoms with Gasteiger partial charge in [0, 0.05) is 40.9 Å². The minimum Gasteiger partial charge on any atom is -0.496 e. The summed E-state index contributed by atoms with van der Waals surface area (Å²) in [6, 6.07) is 12.8. The second-order valence-electron chi connectivity index (χ2n) is 7.99. The lowest BCUT2D eigenvalue weighted by Crippen LogP contribution is -2.38. The van der Waals surface area contributed by atoms with Crippen LogP contribution < -0.4 is 20.9 Å². The van der Waals surface area contributed by atoms with E-state index in [9.17, 15) is 9.59 Å². The zero-order valence-electron chi connectivity index (χ0n) is 17.7. The topological polar surface area (TPSA) is 146 Å². The van der Waals surface area contributed by atoms with Crippen LogP contribution >= 0.6 is 0 Å². The second-order valence-corrected chi connectivity index (χ2v) is 7.99. The van der Waals surface area contributed by atoms with E-state index in [1.165, 1.54) is 0 Å². The molecule has 1 saturated carbocycles. The summed E-state index contributed by atoms with van der Waals surface area (Å²) in [5, 5.41) is 7.64. The number of carbonyl (C=O) groups excluding carboxylic acids is 2. The van der Waals surface area contributed by atoms with Crippen LogP contribution in [0.4, 0.5) is 0 Å². The van der Waals surface area contributed by atoms with Crippen LogP contribution in [-0.4, -0.2) is 34.1 Å². The summed E-state index contributed by atoms with van der Waals surface area (Å²) in [5.74, 6) is 0.203. The van der Waals surface area contributed by atoms with Gasteiger partial charge in [0.25, 0.3) is 0 Å². The third kappa shape index (κ3) is 3.34.